The number of hydrogen-bond donors (Lipinski definition) is 1. The minimum atomic E-state index is 0.142. The van der Waals surface area contributed by atoms with Crippen LogP contribution in [0.5, 0.6) is 0 Å². The summed E-state index contributed by atoms with van der Waals surface area (Å²) in [7, 11) is 0. The minimum absolute atomic E-state index is 0.142. The zero-order valence-corrected chi connectivity index (χ0v) is 8.96. The monoisotopic (exact) mass is 196 g/mol. The van der Waals surface area contributed by atoms with E-state index >= 15 is 0 Å². The lowest BCUT2D eigenvalue weighted by molar-refractivity contribution is 0.191. The molecule has 14 heavy (non-hydrogen) atoms. The molecule has 0 unspecified atom stereocenters. The molecule has 2 amide bonds. The molecule has 2 rings (SSSR count). The van der Waals surface area contributed by atoms with Gasteiger partial charge in [0.15, 0.2) is 0 Å². The van der Waals surface area contributed by atoms with Gasteiger partial charge in [-0.15, -0.1) is 0 Å². The summed E-state index contributed by atoms with van der Waals surface area (Å²) in [5.41, 5.74) is 0. The highest BCUT2D eigenvalue weighted by Gasteiger charge is 2.25. The zero-order chi connectivity index (χ0) is 9.97. The number of rotatable bonds is 2. The fourth-order valence-corrected chi connectivity index (χ4v) is 2.51. The molecule has 0 spiro atoms. The maximum absolute atomic E-state index is 11.3. The van der Waals surface area contributed by atoms with Crippen LogP contribution in [0.4, 0.5) is 4.79 Å². The first-order chi connectivity index (χ1) is 6.75. The van der Waals surface area contributed by atoms with E-state index < -0.39 is 0 Å². The van der Waals surface area contributed by atoms with Crippen molar-refractivity contribution in [1.82, 2.24) is 10.2 Å². The predicted octanol–water partition coefficient (Wildman–Crippen LogP) is 1.84. The van der Waals surface area contributed by atoms with Gasteiger partial charge in [-0.25, -0.2) is 4.79 Å². The Bertz CT molecular complexity index is 209. The summed E-state index contributed by atoms with van der Waals surface area (Å²) in [5.74, 6) is 1.66. The minimum Gasteiger partial charge on any atom is -0.336 e. The summed E-state index contributed by atoms with van der Waals surface area (Å²) < 4.78 is 0. The van der Waals surface area contributed by atoms with Crippen molar-refractivity contribution in [3.05, 3.63) is 0 Å². The second-order valence-corrected chi connectivity index (χ2v) is 4.80. The van der Waals surface area contributed by atoms with Gasteiger partial charge in [-0.3, -0.25) is 0 Å². The van der Waals surface area contributed by atoms with Crippen molar-refractivity contribution in [2.24, 2.45) is 11.8 Å². The first-order valence-electron chi connectivity index (χ1n) is 5.78. The SMILES string of the molecule is CC1CCC(CN2CCNC2=O)CC1. The van der Waals surface area contributed by atoms with E-state index in [9.17, 15) is 4.79 Å². The summed E-state index contributed by atoms with van der Waals surface area (Å²) in [4.78, 5) is 13.3. The van der Waals surface area contributed by atoms with Crippen LogP contribution in [-0.2, 0) is 0 Å². The number of carbonyl (C=O) groups excluding carboxylic acids is 1. The van der Waals surface area contributed by atoms with Gasteiger partial charge in [0.2, 0.25) is 0 Å². The summed E-state index contributed by atoms with van der Waals surface area (Å²) in [6.45, 7) is 5.06. The fourth-order valence-electron chi connectivity index (χ4n) is 2.51. The van der Waals surface area contributed by atoms with E-state index in [1.807, 2.05) is 4.90 Å². The van der Waals surface area contributed by atoms with Gasteiger partial charge >= 0.3 is 6.03 Å². The van der Waals surface area contributed by atoms with E-state index in [1.54, 1.807) is 0 Å². The van der Waals surface area contributed by atoms with Crippen LogP contribution >= 0.6 is 0 Å². The first kappa shape index (κ1) is 9.81. The molecule has 2 aliphatic rings. The Morgan fingerprint density at radius 1 is 1.36 bits per heavy atom. The lowest BCUT2D eigenvalue weighted by Crippen LogP contribution is -2.34. The van der Waals surface area contributed by atoms with E-state index in [2.05, 4.69) is 12.2 Å². The van der Waals surface area contributed by atoms with E-state index in [0.717, 1.165) is 31.5 Å². The Kier molecular flexibility index (Phi) is 2.94. The van der Waals surface area contributed by atoms with Crippen LogP contribution in [0.2, 0.25) is 0 Å². The Hall–Kier alpha value is -0.730. The molecule has 1 heterocycles. The van der Waals surface area contributed by atoms with Crippen LogP contribution in [0, 0.1) is 11.8 Å². The van der Waals surface area contributed by atoms with Crippen molar-refractivity contribution in [2.45, 2.75) is 32.6 Å². The maximum atomic E-state index is 11.3. The van der Waals surface area contributed by atoms with Gasteiger partial charge in [0.25, 0.3) is 0 Å². The Morgan fingerprint density at radius 2 is 2.07 bits per heavy atom. The molecule has 1 saturated carbocycles. The molecule has 1 saturated heterocycles. The molecule has 0 atom stereocenters. The summed E-state index contributed by atoms with van der Waals surface area (Å²) in [6, 6.07) is 0.142. The molecule has 0 radical (unpaired) electrons. The van der Waals surface area contributed by atoms with Crippen LogP contribution in [0.15, 0.2) is 0 Å². The topological polar surface area (TPSA) is 32.3 Å². The molecule has 80 valence electrons. The molecule has 3 heteroatoms. The second kappa shape index (κ2) is 4.20. The third-order valence-electron chi connectivity index (χ3n) is 3.56. The van der Waals surface area contributed by atoms with Crippen LogP contribution in [0.1, 0.15) is 32.6 Å². The summed E-state index contributed by atoms with van der Waals surface area (Å²) >= 11 is 0. The van der Waals surface area contributed by atoms with Gasteiger partial charge in [-0.1, -0.05) is 19.8 Å². The molecule has 1 aliphatic heterocycles. The third-order valence-corrected chi connectivity index (χ3v) is 3.56. The number of nitrogens with zero attached hydrogens (tertiary/aromatic N) is 1. The van der Waals surface area contributed by atoms with Crippen LogP contribution in [0.25, 0.3) is 0 Å². The summed E-state index contributed by atoms with van der Waals surface area (Å²) in [5, 5.41) is 2.85. The second-order valence-electron chi connectivity index (χ2n) is 4.80. The van der Waals surface area contributed by atoms with Gasteiger partial charge < -0.3 is 10.2 Å². The Balaban J connectivity index is 1.77. The van der Waals surface area contributed by atoms with Crippen LogP contribution in [-0.4, -0.2) is 30.6 Å². The van der Waals surface area contributed by atoms with Gasteiger partial charge in [0.05, 0.1) is 0 Å². The van der Waals surface area contributed by atoms with E-state index in [0.29, 0.717) is 0 Å². The molecule has 0 aromatic rings. The van der Waals surface area contributed by atoms with Crippen molar-refractivity contribution >= 4 is 6.03 Å². The maximum Gasteiger partial charge on any atom is 0.317 e. The normalized spacial score (nSPS) is 33.2. The molecule has 3 nitrogen and oxygen atoms in total. The highest BCUT2D eigenvalue weighted by molar-refractivity contribution is 5.76. The number of nitrogens with one attached hydrogen (secondary N) is 1. The van der Waals surface area contributed by atoms with Gasteiger partial charge in [0, 0.05) is 19.6 Å². The van der Waals surface area contributed by atoms with Gasteiger partial charge in [-0.2, -0.15) is 0 Å². The predicted molar refractivity (Wildman–Crippen MR) is 56.1 cm³/mol. The zero-order valence-electron chi connectivity index (χ0n) is 8.96. The van der Waals surface area contributed by atoms with Crippen molar-refractivity contribution in [2.75, 3.05) is 19.6 Å². The number of carbonyl (C=O) groups is 1. The third kappa shape index (κ3) is 2.20. The van der Waals surface area contributed by atoms with Crippen molar-refractivity contribution in [3.8, 4) is 0 Å². The highest BCUT2D eigenvalue weighted by Crippen LogP contribution is 2.28. The highest BCUT2D eigenvalue weighted by atomic mass is 16.2. The Morgan fingerprint density at radius 3 is 2.64 bits per heavy atom. The lowest BCUT2D eigenvalue weighted by atomic mass is 9.83. The molecular formula is C11H20N2O. The Labute approximate surface area is 85.8 Å². The average molecular weight is 196 g/mol. The molecular weight excluding hydrogens is 176 g/mol. The van der Waals surface area contributed by atoms with E-state index in [1.165, 1.54) is 25.7 Å². The fraction of sp³-hybridized carbons (Fsp3) is 0.909. The van der Waals surface area contributed by atoms with E-state index in [-0.39, 0.29) is 6.03 Å². The smallest absolute Gasteiger partial charge is 0.317 e. The number of amides is 2. The lowest BCUT2D eigenvalue weighted by Gasteiger charge is -2.29. The van der Waals surface area contributed by atoms with Crippen LogP contribution in [0.3, 0.4) is 0 Å². The van der Waals surface area contributed by atoms with Gasteiger partial charge in [-0.05, 0) is 24.7 Å². The summed E-state index contributed by atoms with van der Waals surface area (Å²) in [6.07, 6.45) is 5.32. The van der Waals surface area contributed by atoms with Crippen molar-refractivity contribution in [1.29, 1.82) is 0 Å². The quantitative estimate of drug-likeness (QED) is 0.718. The molecule has 0 aromatic carbocycles. The standard InChI is InChI=1S/C11H20N2O/c1-9-2-4-10(5-3-9)8-13-7-6-12-11(13)14/h9-10H,2-8H2,1H3,(H,12,14). The van der Waals surface area contributed by atoms with Gasteiger partial charge in [0.1, 0.15) is 0 Å². The first-order valence-corrected chi connectivity index (χ1v) is 5.78. The van der Waals surface area contributed by atoms with Crippen molar-refractivity contribution in [3.63, 3.8) is 0 Å². The average Bonchev–Trinajstić information content (AvgIpc) is 2.56. The van der Waals surface area contributed by atoms with Crippen molar-refractivity contribution < 1.29 is 4.79 Å². The molecule has 0 aromatic heterocycles. The largest absolute Gasteiger partial charge is 0.336 e. The number of urea groups is 1. The number of hydrogen-bond acceptors (Lipinski definition) is 1. The molecule has 1 aliphatic carbocycles. The van der Waals surface area contributed by atoms with Crippen LogP contribution < -0.4 is 5.32 Å². The molecule has 1 N–H and O–H groups in total. The van der Waals surface area contributed by atoms with E-state index in [4.69, 9.17) is 0 Å². The molecule has 0 bridgehead atoms. The molecule has 2 fully saturated rings.